The lowest BCUT2D eigenvalue weighted by atomic mass is 9.97. The van der Waals surface area contributed by atoms with E-state index < -0.39 is 6.04 Å². The van der Waals surface area contributed by atoms with Gasteiger partial charge in [0.25, 0.3) is 5.56 Å². The Morgan fingerprint density at radius 3 is 2.62 bits per heavy atom. The van der Waals surface area contributed by atoms with Crippen LogP contribution in [-0.2, 0) is 0 Å². The van der Waals surface area contributed by atoms with Gasteiger partial charge in [0.15, 0.2) is 5.43 Å². The Morgan fingerprint density at radius 2 is 1.76 bits per heavy atom. The van der Waals surface area contributed by atoms with Gasteiger partial charge in [0.05, 0.1) is 27.7 Å². The van der Waals surface area contributed by atoms with Crippen LogP contribution in [0.5, 0.6) is 0 Å². The number of fused-ring (bicyclic) bond motifs is 3. The Morgan fingerprint density at radius 1 is 0.905 bits per heavy atom. The van der Waals surface area contributed by atoms with Crippen LogP contribution in [0.3, 0.4) is 0 Å². The highest BCUT2D eigenvalue weighted by molar-refractivity contribution is 6.36. The van der Waals surface area contributed by atoms with Gasteiger partial charge in [-0.1, -0.05) is 54.1 Å². The van der Waals surface area contributed by atoms with E-state index >= 15 is 0 Å². The fraction of sp³-hybridized carbons (Fsp3) is 0.0625. The van der Waals surface area contributed by atoms with E-state index in [1.165, 1.54) is 24.9 Å². The van der Waals surface area contributed by atoms with E-state index in [-0.39, 0.29) is 11.0 Å². The van der Waals surface area contributed by atoms with E-state index in [0.717, 1.165) is 22.0 Å². The zero-order chi connectivity index (χ0) is 28.8. The van der Waals surface area contributed by atoms with Crippen LogP contribution in [0.2, 0.25) is 5.02 Å². The summed E-state index contributed by atoms with van der Waals surface area (Å²) in [7, 11) is 0. The highest BCUT2D eigenvalue weighted by atomic mass is 35.5. The number of rotatable bonds is 5. The lowest BCUT2D eigenvalue weighted by Gasteiger charge is -2.24. The molecule has 2 N–H and O–H groups in total. The lowest BCUT2D eigenvalue weighted by Crippen LogP contribution is -2.27. The minimum atomic E-state index is -0.533. The summed E-state index contributed by atoms with van der Waals surface area (Å²) in [4.78, 5) is 47.3. The van der Waals surface area contributed by atoms with Crippen LogP contribution in [0, 0.1) is 0 Å². The Balaban J connectivity index is 1.48. The van der Waals surface area contributed by atoms with Crippen molar-refractivity contribution in [2.45, 2.75) is 13.0 Å². The molecule has 0 radical (unpaired) electrons. The van der Waals surface area contributed by atoms with E-state index in [4.69, 9.17) is 11.6 Å². The predicted octanol–water partition coefficient (Wildman–Crippen LogP) is 6.06. The third-order valence-corrected chi connectivity index (χ3v) is 7.72. The van der Waals surface area contributed by atoms with Crippen molar-refractivity contribution in [1.29, 1.82) is 0 Å². The van der Waals surface area contributed by atoms with Crippen LogP contribution < -0.4 is 16.3 Å². The van der Waals surface area contributed by atoms with Crippen LogP contribution in [0.1, 0.15) is 18.7 Å². The van der Waals surface area contributed by atoms with Gasteiger partial charge in [-0.15, -0.1) is 0 Å². The SMILES string of the molecule is C[C@H](Nc1ncnc2[nH]ccc(=O)c12)c1c(Cl)c2cccc(-c3ccc4ncncc4c3)c2c(=O)n1-c1ccccc1. The minimum absolute atomic E-state index is 0.227. The molecule has 0 fully saturated rings. The number of benzene rings is 3. The zero-order valence-electron chi connectivity index (χ0n) is 22.2. The Labute approximate surface area is 243 Å². The average Bonchev–Trinajstić information content (AvgIpc) is 3.02. The van der Waals surface area contributed by atoms with Crippen LogP contribution >= 0.6 is 11.6 Å². The predicted molar refractivity (Wildman–Crippen MR) is 165 cm³/mol. The summed E-state index contributed by atoms with van der Waals surface area (Å²) in [6.45, 7) is 1.88. The molecule has 0 spiro atoms. The molecule has 7 aromatic rings. The standard InChI is InChI=1S/C32H22ClN7O2/c1-18(39-31-27-25(41)12-13-35-30(27)37-17-38-31)29-28(33)23-9-5-8-22(19-10-11-24-20(14-19)15-34-16-36-24)26(23)32(42)40(29)21-6-3-2-4-7-21/h2-18H,1H3,(H2,35,37,38,39,41)/t18-/m0/s1. The number of hydrogen-bond acceptors (Lipinski definition) is 7. The highest BCUT2D eigenvalue weighted by Crippen LogP contribution is 2.37. The van der Waals surface area contributed by atoms with Crippen molar-refractivity contribution < 1.29 is 0 Å². The molecule has 9 nitrogen and oxygen atoms in total. The Hall–Kier alpha value is -5.41. The van der Waals surface area contributed by atoms with Crippen molar-refractivity contribution >= 4 is 50.1 Å². The van der Waals surface area contributed by atoms with E-state index in [1.54, 1.807) is 10.8 Å². The topological polar surface area (TPSA) is 118 Å². The highest BCUT2D eigenvalue weighted by Gasteiger charge is 2.24. The van der Waals surface area contributed by atoms with Gasteiger partial charge in [0, 0.05) is 34.9 Å². The minimum Gasteiger partial charge on any atom is -0.361 e. The van der Waals surface area contributed by atoms with Gasteiger partial charge < -0.3 is 10.3 Å². The van der Waals surface area contributed by atoms with Gasteiger partial charge in [-0.3, -0.25) is 14.2 Å². The molecular weight excluding hydrogens is 550 g/mol. The number of nitrogens with zero attached hydrogens (tertiary/aromatic N) is 5. The fourth-order valence-corrected chi connectivity index (χ4v) is 5.83. The summed E-state index contributed by atoms with van der Waals surface area (Å²) in [6.07, 6.45) is 6.17. The Bertz CT molecular complexity index is 2260. The first-order chi connectivity index (χ1) is 20.5. The molecule has 0 amide bonds. The van der Waals surface area contributed by atoms with Crippen LogP contribution in [0.4, 0.5) is 5.82 Å². The molecule has 0 bridgehead atoms. The van der Waals surface area contributed by atoms with Crippen molar-refractivity contribution in [3.05, 3.63) is 129 Å². The molecule has 0 aliphatic carbocycles. The lowest BCUT2D eigenvalue weighted by molar-refractivity contribution is 0.774. The maximum atomic E-state index is 14.6. The first-order valence-corrected chi connectivity index (χ1v) is 13.6. The second kappa shape index (κ2) is 10.2. The summed E-state index contributed by atoms with van der Waals surface area (Å²) in [5, 5.41) is 6.02. The monoisotopic (exact) mass is 571 g/mol. The molecule has 1 atom stereocenters. The number of aromatic nitrogens is 6. The van der Waals surface area contributed by atoms with Gasteiger partial charge >= 0.3 is 0 Å². The second-order valence-corrected chi connectivity index (χ2v) is 10.2. The number of halogens is 1. The van der Waals surface area contributed by atoms with E-state index in [0.29, 0.717) is 44.0 Å². The van der Waals surface area contributed by atoms with Crippen LogP contribution in [0.15, 0.2) is 107 Å². The third kappa shape index (κ3) is 4.18. The fourth-order valence-electron chi connectivity index (χ4n) is 5.42. The quantitative estimate of drug-likeness (QED) is 0.258. The third-order valence-electron chi connectivity index (χ3n) is 7.33. The molecule has 0 unspecified atom stereocenters. The van der Waals surface area contributed by atoms with Gasteiger partial charge in [-0.2, -0.15) is 0 Å². The molecule has 3 aromatic carbocycles. The van der Waals surface area contributed by atoms with Crippen molar-refractivity contribution in [2.75, 3.05) is 5.32 Å². The van der Waals surface area contributed by atoms with Crippen LogP contribution in [-0.4, -0.2) is 29.5 Å². The normalized spacial score (nSPS) is 12.1. The summed E-state index contributed by atoms with van der Waals surface area (Å²) in [5.74, 6) is 0.338. The number of hydrogen-bond donors (Lipinski definition) is 2. The van der Waals surface area contributed by atoms with Crippen molar-refractivity contribution in [1.82, 2.24) is 29.5 Å². The van der Waals surface area contributed by atoms with Crippen LogP contribution in [0.25, 0.3) is 49.5 Å². The molecule has 0 saturated carbocycles. The van der Waals surface area contributed by atoms with Crippen molar-refractivity contribution in [2.24, 2.45) is 0 Å². The summed E-state index contributed by atoms with van der Waals surface area (Å²) in [6, 6.07) is 21.7. The van der Waals surface area contributed by atoms with E-state index in [2.05, 4.69) is 30.2 Å². The number of para-hydroxylation sites is 1. The molecule has 0 aliphatic heterocycles. The Kier molecular flexibility index (Phi) is 6.21. The summed E-state index contributed by atoms with van der Waals surface area (Å²) >= 11 is 7.21. The molecule has 4 aromatic heterocycles. The van der Waals surface area contributed by atoms with Gasteiger partial charge in [-0.05, 0) is 42.3 Å². The number of anilines is 1. The van der Waals surface area contributed by atoms with Gasteiger partial charge in [0.1, 0.15) is 29.5 Å². The molecular formula is C32H22ClN7O2. The number of pyridine rings is 2. The molecule has 4 heterocycles. The first-order valence-electron chi connectivity index (χ1n) is 13.2. The molecule has 42 heavy (non-hydrogen) atoms. The zero-order valence-corrected chi connectivity index (χ0v) is 23.0. The number of aromatic amines is 1. The second-order valence-electron chi connectivity index (χ2n) is 9.85. The maximum Gasteiger partial charge on any atom is 0.263 e. The van der Waals surface area contributed by atoms with Crippen molar-refractivity contribution in [3.63, 3.8) is 0 Å². The van der Waals surface area contributed by atoms with E-state index in [1.807, 2.05) is 73.7 Å². The average molecular weight is 572 g/mol. The number of nitrogens with one attached hydrogen (secondary N) is 2. The molecule has 0 saturated heterocycles. The summed E-state index contributed by atoms with van der Waals surface area (Å²) in [5.41, 5.74) is 3.54. The molecule has 204 valence electrons. The smallest absolute Gasteiger partial charge is 0.263 e. The summed E-state index contributed by atoms with van der Waals surface area (Å²) < 4.78 is 1.63. The molecule has 0 aliphatic rings. The largest absolute Gasteiger partial charge is 0.361 e. The first kappa shape index (κ1) is 25.6. The van der Waals surface area contributed by atoms with Crippen molar-refractivity contribution in [3.8, 4) is 16.8 Å². The van der Waals surface area contributed by atoms with Gasteiger partial charge in [-0.25, -0.2) is 19.9 Å². The molecule has 10 heteroatoms. The van der Waals surface area contributed by atoms with E-state index in [9.17, 15) is 9.59 Å². The maximum absolute atomic E-state index is 14.6. The molecule has 7 rings (SSSR count). The number of H-pyrrole nitrogens is 1. The van der Waals surface area contributed by atoms with Gasteiger partial charge in [0.2, 0.25) is 0 Å².